The number of benzene rings is 2. The maximum atomic E-state index is 4.93. The van der Waals surface area contributed by atoms with Crippen LogP contribution in [0.4, 0.5) is 0 Å². The summed E-state index contributed by atoms with van der Waals surface area (Å²) in [5.74, 6) is 2.54. The van der Waals surface area contributed by atoms with Gasteiger partial charge < -0.3 is 5.32 Å². The van der Waals surface area contributed by atoms with Gasteiger partial charge in [0.15, 0.2) is 11.6 Å². The van der Waals surface area contributed by atoms with Crippen LogP contribution in [0.2, 0.25) is 0 Å². The number of unbranched alkanes of at least 4 members (excludes halogenated alkanes) is 1. The largest absolute Gasteiger partial charge is 0.368 e. The highest BCUT2D eigenvalue weighted by atomic mass is 15.5. The molecule has 0 bridgehead atoms. The van der Waals surface area contributed by atoms with Crippen LogP contribution in [-0.2, 0) is 31.2 Å². The first kappa shape index (κ1) is 22.7. The van der Waals surface area contributed by atoms with Gasteiger partial charge in [-0.3, -0.25) is 0 Å². The number of hydrogen-bond acceptors (Lipinski definition) is 6. The maximum Gasteiger partial charge on any atom is 0.192 e. The predicted octanol–water partition coefficient (Wildman–Crippen LogP) is 3.88. The Labute approximate surface area is 205 Å². The van der Waals surface area contributed by atoms with E-state index in [1.54, 1.807) is 0 Å². The summed E-state index contributed by atoms with van der Waals surface area (Å²) in [7, 11) is 0. The summed E-state index contributed by atoms with van der Waals surface area (Å²) in [6.45, 7) is 3.10. The third-order valence-corrected chi connectivity index (χ3v) is 6.39. The fraction of sp³-hybridized carbons (Fsp3) is 0.296. The predicted molar refractivity (Wildman–Crippen MR) is 134 cm³/mol. The number of dihydropyridines is 1. The van der Waals surface area contributed by atoms with Crippen molar-refractivity contribution in [2.45, 2.75) is 51.0 Å². The van der Waals surface area contributed by atoms with Crippen LogP contribution in [0.15, 0.2) is 79.1 Å². The quantitative estimate of drug-likeness (QED) is 0.368. The van der Waals surface area contributed by atoms with E-state index in [0.717, 1.165) is 55.9 Å². The van der Waals surface area contributed by atoms with Gasteiger partial charge in [0.2, 0.25) is 0 Å². The molecule has 0 saturated carbocycles. The summed E-state index contributed by atoms with van der Waals surface area (Å²) in [5.41, 5.74) is 3.03. The lowest BCUT2D eigenvalue weighted by molar-refractivity contribution is 0.545. The van der Waals surface area contributed by atoms with Crippen LogP contribution < -0.4 is 5.32 Å². The third-order valence-electron chi connectivity index (χ3n) is 6.39. The first-order valence-electron chi connectivity index (χ1n) is 12.2. The number of rotatable bonds is 10. The molecule has 3 heterocycles. The highest BCUT2D eigenvalue weighted by Crippen LogP contribution is 2.34. The van der Waals surface area contributed by atoms with Crippen molar-refractivity contribution < 1.29 is 0 Å². The Kier molecular flexibility index (Phi) is 6.79. The van der Waals surface area contributed by atoms with Crippen LogP contribution in [-0.4, -0.2) is 35.4 Å². The van der Waals surface area contributed by atoms with Crippen molar-refractivity contribution in [3.63, 3.8) is 0 Å². The van der Waals surface area contributed by atoms with Crippen LogP contribution >= 0.6 is 0 Å². The molecule has 2 N–H and O–H groups in total. The second-order valence-corrected chi connectivity index (χ2v) is 8.82. The van der Waals surface area contributed by atoms with Gasteiger partial charge in [-0.15, -0.1) is 10.2 Å². The van der Waals surface area contributed by atoms with Crippen LogP contribution in [0.25, 0.3) is 0 Å². The molecule has 0 spiro atoms. The second kappa shape index (κ2) is 10.5. The van der Waals surface area contributed by atoms with E-state index in [4.69, 9.17) is 10.1 Å². The Morgan fingerprint density at radius 1 is 0.914 bits per heavy atom. The van der Waals surface area contributed by atoms with Gasteiger partial charge >= 0.3 is 0 Å². The molecular formula is C27H30N8. The molecule has 1 aliphatic rings. The van der Waals surface area contributed by atoms with Crippen molar-refractivity contribution in [2.75, 3.05) is 0 Å². The number of aromatic nitrogens is 7. The zero-order valence-electron chi connectivity index (χ0n) is 19.9. The van der Waals surface area contributed by atoms with Gasteiger partial charge in [0.25, 0.3) is 0 Å². The Morgan fingerprint density at radius 2 is 1.71 bits per heavy atom. The Balaban J connectivity index is 1.35. The number of tetrazole rings is 1. The molecule has 8 nitrogen and oxygen atoms in total. The van der Waals surface area contributed by atoms with Gasteiger partial charge in [-0.05, 0) is 54.1 Å². The zero-order valence-corrected chi connectivity index (χ0v) is 19.9. The average Bonchev–Trinajstić information content (AvgIpc) is 3.59. The van der Waals surface area contributed by atoms with E-state index >= 15 is 0 Å². The van der Waals surface area contributed by atoms with Crippen LogP contribution in [0.1, 0.15) is 53.9 Å². The molecule has 0 atom stereocenters. The molecule has 0 fully saturated rings. The van der Waals surface area contributed by atoms with Crippen molar-refractivity contribution in [2.24, 2.45) is 0 Å². The number of nitrogens with one attached hydrogen (secondary N) is 2. The Morgan fingerprint density at radius 3 is 2.43 bits per heavy atom. The molecule has 5 rings (SSSR count). The normalized spacial score (nSPS) is 14.2. The number of aromatic amines is 1. The zero-order chi connectivity index (χ0) is 23.9. The SMILES string of the molecule is CCCCn1nc(CCc2ccccc2)nc1Cc1ccc(C2(c3nn[nH]n3)C=CNC=C2)cc1. The van der Waals surface area contributed by atoms with Gasteiger partial charge in [0.05, 0.1) is 5.41 Å². The second-order valence-electron chi connectivity index (χ2n) is 8.82. The number of hydrogen-bond donors (Lipinski definition) is 2. The molecule has 0 amide bonds. The van der Waals surface area contributed by atoms with E-state index in [-0.39, 0.29) is 0 Å². The summed E-state index contributed by atoms with van der Waals surface area (Å²) in [4.78, 5) is 4.93. The number of nitrogens with zero attached hydrogens (tertiary/aromatic N) is 6. The molecule has 1 aliphatic heterocycles. The molecular weight excluding hydrogens is 436 g/mol. The minimum absolute atomic E-state index is 0.553. The van der Waals surface area contributed by atoms with Crippen LogP contribution in [0.5, 0.6) is 0 Å². The molecule has 0 radical (unpaired) electrons. The van der Waals surface area contributed by atoms with E-state index in [2.05, 4.69) is 86.1 Å². The molecule has 0 unspecified atom stereocenters. The van der Waals surface area contributed by atoms with Crippen molar-refractivity contribution in [3.05, 3.63) is 113 Å². The van der Waals surface area contributed by atoms with Gasteiger partial charge in [-0.1, -0.05) is 73.2 Å². The van der Waals surface area contributed by atoms with Crippen molar-refractivity contribution in [1.29, 1.82) is 0 Å². The monoisotopic (exact) mass is 466 g/mol. The Hall–Kier alpha value is -4.07. The van der Waals surface area contributed by atoms with E-state index < -0.39 is 5.41 Å². The smallest absolute Gasteiger partial charge is 0.192 e. The van der Waals surface area contributed by atoms with Crippen molar-refractivity contribution in [1.82, 2.24) is 40.7 Å². The van der Waals surface area contributed by atoms with Crippen molar-refractivity contribution in [3.8, 4) is 0 Å². The molecule has 35 heavy (non-hydrogen) atoms. The number of aryl methyl sites for hydroxylation is 3. The summed E-state index contributed by atoms with van der Waals surface area (Å²) >= 11 is 0. The van der Waals surface area contributed by atoms with Crippen molar-refractivity contribution >= 4 is 0 Å². The van der Waals surface area contributed by atoms with Crippen LogP contribution in [0, 0.1) is 0 Å². The molecule has 8 heteroatoms. The van der Waals surface area contributed by atoms with E-state index in [0.29, 0.717) is 5.82 Å². The summed E-state index contributed by atoms with van der Waals surface area (Å²) in [5, 5.41) is 22.8. The molecule has 2 aromatic carbocycles. The highest BCUT2D eigenvalue weighted by Gasteiger charge is 2.34. The van der Waals surface area contributed by atoms with Gasteiger partial charge in [-0.25, -0.2) is 9.67 Å². The summed E-state index contributed by atoms with van der Waals surface area (Å²) in [6, 6.07) is 19.1. The minimum atomic E-state index is -0.553. The molecule has 178 valence electrons. The minimum Gasteiger partial charge on any atom is -0.368 e. The average molecular weight is 467 g/mol. The fourth-order valence-corrected chi connectivity index (χ4v) is 4.41. The van der Waals surface area contributed by atoms with Gasteiger partial charge in [-0.2, -0.15) is 10.3 Å². The topological polar surface area (TPSA) is 97.2 Å². The maximum absolute atomic E-state index is 4.93. The molecule has 4 aromatic rings. The highest BCUT2D eigenvalue weighted by molar-refractivity contribution is 5.46. The molecule has 0 aliphatic carbocycles. The third kappa shape index (κ3) is 5.06. The lowest BCUT2D eigenvalue weighted by Gasteiger charge is -2.26. The van der Waals surface area contributed by atoms with E-state index in [9.17, 15) is 0 Å². The number of allylic oxidation sites excluding steroid dienone is 2. The lowest BCUT2D eigenvalue weighted by Crippen LogP contribution is -2.28. The molecule has 2 aromatic heterocycles. The number of H-pyrrole nitrogens is 1. The lowest BCUT2D eigenvalue weighted by atomic mass is 9.78. The summed E-state index contributed by atoms with van der Waals surface area (Å²) < 4.78 is 2.09. The first-order chi connectivity index (χ1) is 17.3. The molecule has 0 saturated heterocycles. The fourth-order valence-electron chi connectivity index (χ4n) is 4.41. The Bertz CT molecular complexity index is 1260. The van der Waals surface area contributed by atoms with Gasteiger partial charge in [0, 0.05) is 19.4 Å². The summed E-state index contributed by atoms with van der Waals surface area (Å²) in [6.07, 6.45) is 12.6. The standard InChI is InChI=1S/C27H30N8/c1-2-3-19-35-25(29-24(32-35)14-11-21-7-5-4-6-8-21)20-22-9-12-23(13-10-22)27(15-17-28-18-16-27)26-30-33-34-31-26/h4-10,12-13,15-18,28H,2-3,11,14,19-20H2,1H3,(H,30,31,33,34). The first-order valence-corrected chi connectivity index (χ1v) is 12.2. The van der Waals surface area contributed by atoms with Crippen LogP contribution in [0.3, 0.4) is 0 Å². The van der Waals surface area contributed by atoms with E-state index in [1.165, 1.54) is 11.1 Å². The van der Waals surface area contributed by atoms with Gasteiger partial charge in [0.1, 0.15) is 5.82 Å². The van der Waals surface area contributed by atoms with E-state index in [1.807, 2.05) is 30.6 Å².